The average Bonchev–Trinajstić information content (AvgIpc) is 2.80. The number of carbonyl (C=O) groups excluding carboxylic acids is 1. The Hall–Kier alpha value is -2.99. The summed E-state index contributed by atoms with van der Waals surface area (Å²) in [6.07, 6.45) is 0.756. The van der Waals surface area contributed by atoms with E-state index in [-0.39, 0.29) is 29.0 Å². The summed E-state index contributed by atoms with van der Waals surface area (Å²) in [6, 6.07) is 15.7. The Morgan fingerprint density at radius 2 is 1.46 bits per heavy atom. The normalized spacial score (nSPS) is 11.8. The molecule has 1 amide bonds. The second-order valence-corrected chi connectivity index (χ2v) is 11.3. The maximum atomic E-state index is 13.8. The molecule has 0 aliphatic carbocycles. The lowest BCUT2D eigenvalue weighted by atomic mass is 9.84. The largest absolute Gasteiger partial charge is 0.274 e. The van der Waals surface area contributed by atoms with Gasteiger partial charge < -0.3 is 0 Å². The van der Waals surface area contributed by atoms with Gasteiger partial charge in [-0.25, -0.2) is 17.5 Å². The van der Waals surface area contributed by atoms with Gasteiger partial charge in [0.2, 0.25) is 5.91 Å². The molecule has 4 nitrogen and oxygen atoms in total. The van der Waals surface area contributed by atoms with E-state index in [1.807, 2.05) is 52.8 Å². The van der Waals surface area contributed by atoms with E-state index in [0.717, 1.165) is 39.8 Å². The summed E-state index contributed by atoms with van der Waals surface area (Å²) < 4.78 is 41.7. The Morgan fingerprint density at radius 1 is 0.886 bits per heavy atom. The molecule has 0 saturated heterocycles. The van der Waals surface area contributed by atoms with Crippen molar-refractivity contribution in [1.29, 1.82) is 0 Å². The Kier molecular flexibility index (Phi) is 8.16. The molecule has 0 heterocycles. The van der Waals surface area contributed by atoms with E-state index in [2.05, 4.69) is 4.72 Å². The molecule has 1 N–H and O–H groups in total. The van der Waals surface area contributed by atoms with Crippen molar-refractivity contribution in [2.24, 2.45) is 0 Å². The van der Waals surface area contributed by atoms with Gasteiger partial charge in [0.05, 0.1) is 11.3 Å². The third-order valence-corrected chi connectivity index (χ3v) is 7.67. The summed E-state index contributed by atoms with van der Waals surface area (Å²) in [5.74, 6) is -0.607. The second kappa shape index (κ2) is 10.7. The number of sulfonamides is 1. The van der Waals surface area contributed by atoms with E-state index >= 15 is 0 Å². The van der Waals surface area contributed by atoms with Crippen molar-refractivity contribution in [1.82, 2.24) is 4.72 Å². The first kappa shape index (κ1) is 26.6. The van der Waals surface area contributed by atoms with Crippen molar-refractivity contribution in [2.75, 3.05) is 0 Å². The molecular weight excluding hydrogens is 461 g/mol. The molecule has 0 atom stereocenters. The monoisotopic (exact) mass is 495 g/mol. The maximum absolute atomic E-state index is 13.8. The van der Waals surface area contributed by atoms with Gasteiger partial charge in [0.1, 0.15) is 5.82 Å². The molecular formula is C29H34FNO3S. The van der Waals surface area contributed by atoms with Gasteiger partial charge >= 0.3 is 0 Å². The molecule has 0 aromatic heterocycles. The van der Waals surface area contributed by atoms with E-state index < -0.39 is 15.9 Å². The number of halogens is 1. The molecule has 3 rings (SSSR count). The molecule has 0 aliphatic rings. The van der Waals surface area contributed by atoms with Crippen molar-refractivity contribution in [3.05, 3.63) is 88.2 Å². The SMILES string of the molecule is CCc1ccc(S(=O)(=O)NC(=O)Cc2c(C(C)C)cc(-c3ccc(F)c(C)c3)cc2C(C)C)cc1. The average molecular weight is 496 g/mol. The first-order chi connectivity index (χ1) is 16.4. The van der Waals surface area contributed by atoms with Gasteiger partial charge in [-0.2, -0.15) is 0 Å². The minimum Gasteiger partial charge on any atom is -0.274 e. The van der Waals surface area contributed by atoms with Crippen LogP contribution >= 0.6 is 0 Å². The van der Waals surface area contributed by atoms with Gasteiger partial charge in [-0.3, -0.25) is 4.79 Å². The molecule has 6 heteroatoms. The van der Waals surface area contributed by atoms with Gasteiger partial charge in [-0.15, -0.1) is 0 Å². The molecule has 0 spiro atoms. The summed E-state index contributed by atoms with van der Waals surface area (Å²) in [5.41, 5.74) is 6.25. The van der Waals surface area contributed by atoms with Crippen LogP contribution < -0.4 is 4.72 Å². The van der Waals surface area contributed by atoms with Crippen LogP contribution in [0.5, 0.6) is 0 Å². The van der Waals surface area contributed by atoms with E-state index in [1.54, 1.807) is 25.1 Å². The summed E-state index contributed by atoms with van der Waals surface area (Å²) >= 11 is 0. The predicted octanol–water partition coefficient (Wildman–Crippen LogP) is 6.66. The van der Waals surface area contributed by atoms with Crippen LogP contribution in [0.3, 0.4) is 0 Å². The zero-order valence-electron chi connectivity index (χ0n) is 21.3. The second-order valence-electron chi connectivity index (χ2n) is 9.61. The van der Waals surface area contributed by atoms with Crippen LogP contribution in [0.4, 0.5) is 4.39 Å². The fourth-order valence-corrected chi connectivity index (χ4v) is 5.24. The number of amides is 1. The van der Waals surface area contributed by atoms with E-state index in [0.29, 0.717) is 5.56 Å². The van der Waals surface area contributed by atoms with Gasteiger partial charge in [-0.1, -0.05) is 65.0 Å². The third kappa shape index (κ3) is 6.17. The number of aryl methyl sites for hydroxylation is 2. The zero-order chi connectivity index (χ0) is 25.9. The molecule has 0 fully saturated rings. The van der Waals surface area contributed by atoms with Crippen molar-refractivity contribution in [3.63, 3.8) is 0 Å². The molecule has 3 aromatic rings. The molecule has 0 unspecified atom stereocenters. The molecule has 0 bridgehead atoms. The Morgan fingerprint density at radius 3 is 1.94 bits per heavy atom. The van der Waals surface area contributed by atoms with Crippen molar-refractivity contribution >= 4 is 15.9 Å². The van der Waals surface area contributed by atoms with Gasteiger partial charge in [0, 0.05) is 0 Å². The lowest BCUT2D eigenvalue weighted by Gasteiger charge is -2.22. The summed E-state index contributed by atoms with van der Waals surface area (Å²) in [7, 11) is -3.97. The minimum absolute atomic E-state index is 0.0456. The predicted molar refractivity (Wildman–Crippen MR) is 140 cm³/mol. The topological polar surface area (TPSA) is 63.2 Å². The highest BCUT2D eigenvalue weighted by molar-refractivity contribution is 7.90. The van der Waals surface area contributed by atoms with Crippen LogP contribution in [0.15, 0.2) is 59.5 Å². The van der Waals surface area contributed by atoms with Crippen LogP contribution in [-0.4, -0.2) is 14.3 Å². The fraction of sp³-hybridized carbons (Fsp3) is 0.345. The third-order valence-electron chi connectivity index (χ3n) is 6.28. The molecule has 0 saturated carbocycles. The van der Waals surface area contributed by atoms with Gasteiger partial charge in [0.25, 0.3) is 10.0 Å². The highest BCUT2D eigenvalue weighted by Crippen LogP contribution is 2.34. The molecule has 0 radical (unpaired) electrons. The highest BCUT2D eigenvalue weighted by atomic mass is 32.2. The lowest BCUT2D eigenvalue weighted by Crippen LogP contribution is -2.32. The zero-order valence-corrected chi connectivity index (χ0v) is 22.1. The quantitative estimate of drug-likeness (QED) is 0.380. The van der Waals surface area contributed by atoms with Crippen molar-refractivity contribution in [2.45, 2.75) is 71.1 Å². The van der Waals surface area contributed by atoms with Crippen LogP contribution in [0.25, 0.3) is 11.1 Å². The number of nitrogens with one attached hydrogen (secondary N) is 1. The molecule has 186 valence electrons. The summed E-state index contributed by atoms with van der Waals surface area (Å²) in [5, 5.41) is 0. The Balaban J connectivity index is 1.98. The lowest BCUT2D eigenvalue weighted by molar-refractivity contribution is -0.118. The first-order valence-electron chi connectivity index (χ1n) is 12.0. The fourth-order valence-electron chi connectivity index (χ4n) is 4.25. The van der Waals surface area contributed by atoms with Gasteiger partial charge in [0.15, 0.2) is 0 Å². The molecule has 0 aliphatic heterocycles. The van der Waals surface area contributed by atoms with Crippen LogP contribution in [-0.2, 0) is 27.7 Å². The Bertz CT molecular complexity index is 1300. The van der Waals surface area contributed by atoms with Crippen molar-refractivity contribution < 1.29 is 17.6 Å². The smallest absolute Gasteiger partial charge is 0.264 e. The standard InChI is InChI=1S/C29H34FNO3S/c1-7-21-8-11-24(12-9-21)35(33,34)31-29(32)17-27-25(18(2)3)15-23(16-26(27)19(4)5)22-10-13-28(30)20(6)14-22/h8-16,18-19H,7,17H2,1-6H3,(H,31,32). The minimum atomic E-state index is -3.97. The van der Waals surface area contributed by atoms with Crippen LogP contribution in [0, 0.1) is 12.7 Å². The maximum Gasteiger partial charge on any atom is 0.264 e. The van der Waals surface area contributed by atoms with Crippen LogP contribution in [0.2, 0.25) is 0 Å². The molecule has 3 aromatic carbocycles. The van der Waals surface area contributed by atoms with E-state index in [4.69, 9.17) is 0 Å². The summed E-state index contributed by atoms with van der Waals surface area (Å²) in [4.78, 5) is 13.0. The van der Waals surface area contributed by atoms with E-state index in [1.165, 1.54) is 18.2 Å². The Labute approximate surface area is 208 Å². The highest BCUT2D eigenvalue weighted by Gasteiger charge is 2.22. The molecule has 35 heavy (non-hydrogen) atoms. The number of hydrogen-bond donors (Lipinski definition) is 1. The van der Waals surface area contributed by atoms with Crippen LogP contribution in [0.1, 0.15) is 74.3 Å². The van der Waals surface area contributed by atoms with E-state index in [9.17, 15) is 17.6 Å². The van der Waals surface area contributed by atoms with Gasteiger partial charge in [-0.05, 0) is 88.4 Å². The number of carbonyl (C=O) groups is 1. The summed E-state index contributed by atoms with van der Waals surface area (Å²) in [6.45, 7) is 11.9. The number of rotatable bonds is 8. The van der Waals surface area contributed by atoms with Crippen molar-refractivity contribution in [3.8, 4) is 11.1 Å². The number of benzene rings is 3. The number of hydrogen-bond acceptors (Lipinski definition) is 3. The first-order valence-corrected chi connectivity index (χ1v) is 13.5.